The van der Waals surface area contributed by atoms with Crippen LogP contribution in [0.1, 0.15) is 43.5 Å². The monoisotopic (exact) mass is 600 g/mol. The van der Waals surface area contributed by atoms with Crippen molar-refractivity contribution in [3.8, 4) is 28.8 Å². The van der Waals surface area contributed by atoms with E-state index in [2.05, 4.69) is 17.6 Å². The number of aromatic hydroxyl groups is 1. The molecule has 1 saturated heterocycles. The Morgan fingerprint density at radius 3 is 2.65 bits per heavy atom. The van der Waals surface area contributed by atoms with Gasteiger partial charge in [-0.25, -0.2) is 9.37 Å². The Morgan fingerprint density at radius 2 is 2.02 bits per heavy atom. The van der Waals surface area contributed by atoms with Gasteiger partial charge in [0.05, 0.1) is 33.3 Å². The number of pyridine rings is 3. The summed E-state index contributed by atoms with van der Waals surface area (Å²) in [7, 11) is 0. The van der Waals surface area contributed by atoms with E-state index in [1.54, 1.807) is 23.2 Å². The maximum atomic E-state index is 15.1. The zero-order chi connectivity index (χ0) is 31.2. The van der Waals surface area contributed by atoms with Gasteiger partial charge in [0.2, 0.25) is 5.91 Å². The summed E-state index contributed by atoms with van der Waals surface area (Å²) < 4.78 is 16.4. The number of phenolic OH excluding ortho intramolecular Hbond substituents is 1. The smallest absolute Gasteiger partial charge is 0.276 e. The number of rotatable bonds is 5. The molecular weight excluding hydrogens is 571 g/mol. The van der Waals surface area contributed by atoms with Gasteiger partial charge in [0, 0.05) is 37.3 Å². The molecule has 220 valence electrons. The molecule has 5 rings (SSSR count). The number of hydrogen-bond donors (Lipinski definition) is 1. The lowest BCUT2D eigenvalue weighted by molar-refractivity contribution is -0.128. The summed E-state index contributed by atoms with van der Waals surface area (Å²) >= 11 is 6.75. The number of anilines is 1. The third-order valence-electron chi connectivity index (χ3n) is 7.74. The summed E-state index contributed by atoms with van der Waals surface area (Å²) in [5, 5.41) is 21.4. The van der Waals surface area contributed by atoms with Crippen LogP contribution in [0.3, 0.4) is 0 Å². The average molecular weight is 601 g/mol. The van der Waals surface area contributed by atoms with Gasteiger partial charge in [0.25, 0.3) is 5.56 Å². The van der Waals surface area contributed by atoms with E-state index in [1.165, 1.54) is 28.8 Å². The highest BCUT2D eigenvalue weighted by atomic mass is 35.5. The first-order valence-electron chi connectivity index (χ1n) is 13.8. The molecule has 0 saturated carbocycles. The minimum atomic E-state index is -0.742. The molecule has 0 radical (unpaired) electrons. The number of aryl methyl sites for hydroxylation is 1. The number of nitrogens with zero attached hydrogens (tertiary/aromatic N) is 6. The van der Waals surface area contributed by atoms with Crippen LogP contribution in [0.4, 0.5) is 10.1 Å². The van der Waals surface area contributed by atoms with E-state index in [1.807, 2.05) is 32.6 Å². The maximum Gasteiger partial charge on any atom is 0.276 e. The molecule has 0 aliphatic carbocycles. The zero-order valence-electron chi connectivity index (χ0n) is 24.2. The molecule has 0 bridgehead atoms. The number of benzene rings is 1. The van der Waals surface area contributed by atoms with E-state index in [4.69, 9.17) is 16.6 Å². The molecular formula is C32H30ClFN6O3. The van der Waals surface area contributed by atoms with Crippen molar-refractivity contribution in [2.45, 2.75) is 39.7 Å². The molecule has 1 aromatic carbocycles. The molecule has 3 aromatic heterocycles. The van der Waals surface area contributed by atoms with Crippen molar-refractivity contribution in [2.75, 3.05) is 24.5 Å². The van der Waals surface area contributed by atoms with Crippen molar-refractivity contribution in [1.82, 2.24) is 19.4 Å². The van der Waals surface area contributed by atoms with Gasteiger partial charge < -0.3 is 14.9 Å². The van der Waals surface area contributed by atoms with E-state index in [0.29, 0.717) is 42.1 Å². The van der Waals surface area contributed by atoms with E-state index in [-0.39, 0.29) is 51.1 Å². The molecule has 1 unspecified atom stereocenters. The minimum Gasteiger partial charge on any atom is -0.507 e. The van der Waals surface area contributed by atoms with Crippen LogP contribution < -0.4 is 10.5 Å². The SMILES string of the molecule is C=CC(=O)N1CCN(c2c(C#N)c(=O)n(-c3c(C)ccnc3C(C)C)c3nc(-c4c(O)cccc4F)c(Cl)cc23)CC1C. The molecule has 9 nitrogen and oxygen atoms in total. The van der Waals surface area contributed by atoms with Crippen molar-refractivity contribution >= 4 is 34.2 Å². The van der Waals surface area contributed by atoms with Crippen LogP contribution in [-0.2, 0) is 4.79 Å². The summed E-state index contributed by atoms with van der Waals surface area (Å²) in [6, 6.07) is 9.03. The van der Waals surface area contributed by atoms with Crippen LogP contribution in [0.25, 0.3) is 28.0 Å². The molecule has 0 spiro atoms. The predicted octanol–water partition coefficient (Wildman–Crippen LogP) is 5.47. The first-order chi connectivity index (χ1) is 20.5. The second kappa shape index (κ2) is 11.5. The minimum absolute atomic E-state index is 0.0174. The lowest BCUT2D eigenvalue weighted by Gasteiger charge is -2.41. The van der Waals surface area contributed by atoms with Gasteiger partial charge in [-0.1, -0.05) is 38.1 Å². The number of phenols is 1. The van der Waals surface area contributed by atoms with Crippen molar-refractivity contribution in [3.05, 3.63) is 87.2 Å². The standard InChI is InChI=1S/C32H30ClFN6O3/c1-6-25(42)39-13-12-38(16-19(39)5)30-20-14-22(33)28(26-23(34)8-7-9-24(26)41)37-31(20)40(32(43)21(30)15-35)29-18(4)10-11-36-27(29)17(2)3/h6-11,14,17,19,41H,1,12-13,16H2,2-5H3. The number of carbonyl (C=O) groups is 1. The van der Waals surface area contributed by atoms with Gasteiger partial charge in [-0.2, -0.15) is 5.26 Å². The van der Waals surface area contributed by atoms with E-state index < -0.39 is 11.4 Å². The van der Waals surface area contributed by atoms with Gasteiger partial charge in [-0.05, 0) is 55.7 Å². The van der Waals surface area contributed by atoms with Crippen molar-refractivity contribution in [1.29, 1.82) is 5.26 Å². The Hall–Kier alpha value is -4.75. The second-order valence-corrected chi connectivity index (χ2v) is 11.3. The molecule has 4 aromatic rings. The topological polar surface area (TPSA) is 115 Å². The molecule has 43 heavy (non-hydrogen) atoms. The largest absolute Gasteiger partial charge is 0.507 e. The third-order valence-corrected chi connectivity index (χ3v) is 8.03. The summed E-state index contributed by atoms with van der Waals surface area (Å²) in [5.41, 5.74) is 1.21. The Balaban J connectivity index is 1.90. The van der Waals surface area contributed by atoms with Crippen LogP contribution >= 0.6 is 11.6 Å². The predicted molar refractivity (Wildman–Crippen MR) is 164 cm³/mol. The van der Waals surface area contributed by atoms with Gasteiger partial charge in [0.15, 0.2) is 0 Å². The summed E-state index contributed by atoms with van der Waals surface area (Å²) in [6.45, 7) is 12.2. The number of hydrogen-bond acceptors (Lipinski definition) is 7. The normalized spacial score (nSPS) is 15.2. The Labute approximate surface area is 253 Å². The summed E-state index contributed by atoms with van der Waals surface area (Å²) in [4.78, 5) is 39.6. The highest BCUT2D eigenvalue weighted by Gasteiger charge is 2.32. The summed E-state index contributed by atoms with van der Waals surface area (Å²) in [6.07, 6.45) is 2.91. The quantitative estimate of drug-likeness (QED) is 0.302. The lowest BCUT2D eigenvalue weighted by Crippen LogP contribution is -2.54. The molecule has 1 amide bonds. The Morgan fingerprint density at radius 1 is 1.28 bits per heavy atom. The lowest BCUT2D eigenvalue weighted by atomic mass is 10.0. The van der Waals surface area contributed by atoms with Crippen LogP contribution in [0.5, 0.6) is 5.75 Å². The fourth-order valence-electron chi connectivity index (χ4n) is 5.72. The molecule has 1 N–H and O–H groups in total. The number of carbonyl (C=O) groups excluding carboxylic acids is 1. The Kier molecular flexibility index (Phi) is 7.95. The molecule has 1 fully saturated rings. The van der Waals surface area contributed by atoms with Crippen LogP contribution in [0.2, 0.25) is 5.02 Å². The van der Waals surface area contributed by atoms with Crippen molar-refractivity contribution in [3.63, 3.8) is 0 Å². The number of amides is 1. The van der Waals surface area contributed by atoms with Crippen LogP contribution in [0.15, 0.2) is 54.0 Å². The van der Waals surface area contributed by atoms with Crippen molar-refractivity contribution in [2.24, 2.45) is 0 Å². The number of halogens is 2. The highest BCUT2D eigenvalue weighted by molar-refractivity contribution is 6.34. The first kappa shape index (κ1) is 29.7. The fourth-order valence-corrected chi connectivity index (χ4v) is 5.96. The highest BCUT2D eigenvalue weighted by Crippen LogP contribution is 2.40. The fraction of sp³-hybridized carbons (Fsp3) is 0.281. The van der Waals surface area contributed by atoms with Crippen LogP contribution in [-0.4, -0.2) is 56.1 Å². The second-order valence-electron chi connectivity index (χ2n) is 10.8. The Bertz CT molecular complexity index is 1880. The molecule has 1 aliphatic rings. The van der Waals surface area contributed by atoms with Gasteiger partial charge in [-0.15, -0.1) is 0 Å². The maximum absolute atomic E-state index is 15.1. The van der Waals surface area contributed by atoms with Crippen LogP contribution in [0, 0.1) is 24.1 Å². The van der Waals surface area contributed by atoms with Gasteiger partial charge >= 0.3 is 0 Å². The number of aromatic nitrogens is 3. The van der Waals surface area contributed by atoms with E-state index in [9.17, 15) is 20.0 Å². The molecule has 4 heterocycles. The first-order valence-corrected chi connectivity index (χ1v) is 14.2. The zero-order valence-corrected chi connectivity index (χ0v) is 25.0. The summed E-state index contributed by atoms with van der Waals surface area (Å²) in [5.74, 6) is -1.41. The number of nitriles is 1. The van der Waals surface area contributed by atoms with Crippen molar-refractivity contribution < 1.29 is 14.3 Å². The molecule has 1 atom stereocenters. The van der Waals surface area contributed by atoms with E-state index in [0.717, 1.165) is 5.56 Å². The van der Waals surface area contributed by atoms with Gasteiger partial charge in [0.1, 0.15) is 28.8 Å². The molecule has 11 heteroatoms. The van der Waals surface area contributed by atoms with Gasteiger partial charge in [-0.3, -0.25) is 19.1 Å². The average Bonchev–Trinajstić information content (AvgIpc) is 2.97. The number of fused-ring (bicyclic) bond motifs is 1. The van der Waals surface area contributed by atoms with E-state index >= 15 is 4.39 Å². The third kappa shape index (κ3) is 5.00. The number of piperazine rings is 1. The molecule has 1 aliphatic heterocycles.